The first-order valence-electron chi connectivity index (χ1n) is 7.68. The number of amides is 1. The zero-order chi connectivity index (χ0) is 15.8. The number of hydrogen-bond donors (Lipinski definition) is 2. The van der Waals surface area contributed by atoms with Crippen molar-refractivity contribution in [1.29, 1.82) is 0 Å². The highest BCUT2D eigenvalue weighted by molar-refractivity contribution is 5.85. The third kappa shape index (κ3) is 6.01. The van der Waals surface area contributed by atoms with E-state index in [1.165, 1.54) is 0 Å². The van der Waals surface area contributed by atoms with Crippen molar-refractivity contribution in [3.05, 3.63) is 0 Å². The van der Waals surface area contributed by atoms with Gasteiger partial charge in [-0.1, -0.05) is 13.3 Å². The van der Waals surface area contributed by atoms with Gasteiger partial charge in [0.1, 0.15) is 0 Å². The fraction of sp³-hybridized carbons (Fsp3) is 0.867. The molecule has 1 saturated carbocycles. The topological polar surface area (TPSA) is 78.9 Å². The molecule has 0 aromatic rings. The largest absolute Gasteiger partial charge is 0.481 e. The number of hydrogen-bond acceptors (Lipinski definition) is 4. The van der Waals surface area contributed by atoms with Crippen molar-refractivity contribution in [3.63, 3.8) is 0 Å². The molecule has 3 unspecified atom stereocenters. The van der Waals surface area contributed by atoms with Crippen LogP contribution in [-0.2, 0) is 14.3 Å². The monoisotopic (exact) mass is 300 g/mol. The molecule has 0 aromatic carbocycles. The van der Waals surface area contributed by atoms with Crippen LogP contribution in [0.4, 0.5) is 0 Å². The van der Waals surface area contributed by atoms with Crippen LogP contribution in [0.1, 0.15) is 26.2 Å². The molecule has 122 valence electrons. The Bertz CT molecular complexity index is 347. The Kier molecular flexibility index (Phi) is 7.67. The standard InChI is InChI=1S/C15H28N2O4/c1-4-11-9-12(13(10-11)15(19)20)14(18)16-5-7-21-8-6-17(2)3/h11-13H,4-10H2,1-3H3,(H,16,18)(H,19,20). The van der Waals surface area contributed by atoms with E-state index in [1.807, 2.05) is 25.9 Å². The second-order valence-electron chi connectivity index (χ2n) is 6.00. The predicted molar refractivity (Wildman–Crippen MR) is 80.0 cm³/mol. The zero-order valence-electron chi connectivity index (χ0n) is 13.3. The molecule has 6 heteroatoms. The van der Waals surface area contributed by atoms with Crippen molar-refractivity contribution >= 4 is 11.9 Å². The highest BCUT2D eigenvalue weighted by Crippen LogP contribution is 2.38. The second kappa shape index (κ2) is 9.00. The molecule has 6 nitrogen and oxygen atoms in total. The minimum absolute atomic E-state index is 0.144. The lowest BCUT2D eigenvalue weighted by molar-refractivity contribution is -0.146. The number of ether oxygens (including phenoxy) is 1. The summed E-state index contributed by atoms with van der Waals surface area (Å²) in [6.07, 6.45) is 2.23. The average Bonchev–Trinajstić information content (AvgIpc) is 2.86. The van der Waals surface area contributed by atoms with Crippen molar-refractivity contribution < 1.29 is 19.4 Å². The smallest absolute Gasteiger partial charge is 0.307 e. The van der Waals surface area contributed by atoms with Crippen molar-refractivity contribution in [3.8, 4) is 0 Å². The second-order valence-corrected chi connectivity index (χ2v) is 6.00. The third-order valence-corrected chi connectivity index (χ3v) is 4.12. The first-order valence-corrected chi connectivity index (χ1v) is 7.68. The van der Waals surface area contributed by atoms with Gasteiger partial charge in [0.05, 0.1) is 25.0 Å². The average molecular weight is 300 g/mol. The van der Waals surface area contributed by atoms with Gasteiger partial charge in [-0.25, -0.2) is 0 Å². The Morgan fingerprint density at radius 2 is 1.90 bits per heavy atom. The maximum Gasteiger partial charge on any atom is 0.307 e. The minimum atomic E-state index is -0.853. The van der Waals surface area contributed by atoms with Gasteiger partial charge in [0, 0.05) is 13.1 Å². The number of carbonyl (C=O) groups is 2. The highest BCUT2D eigenvalue weighted by Gasteiger charge is 2.41. The Hall–Kier alpha value is -1.14. The fourth-order valence-electron chi connectivity index (χ4n) is 2.77. The van der Waals surface area contributed by atoms with Gasteiger partial charge in [-0.15, -0.1) is 0 Å². The molecule has 0 heterocycles. The Balaban J connectivity index is 2.28. The number of rotatable bonds is 9. The molecule has 1 amide bonds. The van der Waals surface area contributed by atoms with E-state index in [0.717, 1.165) is 13.0 Å². The van der Waals surface area contributed by atoms with Crippen LogP contribution in [0, 0.1) is 17.8 Å². The van der Waals surface area contributed by atoms with E-state index < -0.39 is 17.8 Å². The van der Waals surface area contributed by atoms with E-state index >= 15 is 0 Å². The lowest BCUT2D eigenvalue weighted by Gasteiger charge is -2.16. The third-order valence-electron chi connectivity index (χ3n) is 4.12. The molecule has 0 aliphatic heterocycles. The summed E-state index contributed by atoms with van der Waals surface area (Å²) >= 11 is 0. The van der Waals surface area contributed by atoms with E-state index in [1.54, 1.807) is 0 Å². The van der Waals surface area contributed by atoms with Crippen molar-refractivity contribution in [2.24, 2.45) is 17.8 Å². The first-order chi connectivity index (χ1) is 9.95. The predicted octanol–water partition coefficient (Wildman–Crippen LogP) is 0.818. The molecule has 0 bridgehead atoms. The van der Waals surface area contributed by atoms with E-state index in [9.17, 15) is 14.7 Å². The van der Waals surface area contributed by atoms with Gasteiger partial charge in [0.15, 0.2) is 0 Å². The summed E-state index contributed by atoms with van der Waals surface area (Å²) in [6.45, 7) is 4.41. The number of aliphatic carboxylic acids is 1. The highest BCUT2D eigenvalue weighted by atomic mass is 16.5. The molecule has 21 heavy (non-hydrogen) atoms. The molecular formula is C15H28N2O4. The summed E-state index contributed by atoms with van der Waals surface area (Å²) in [5.41, 5.74) is 0. The van der Waals surface area contributed by atoms with Gasteiger partial charge in [-0.2, -0.15) is 0 Å². The van der Waals surface area contributed by atoms with Crippen molar-refractivity contribution in [1.82, 2.24) is 10.2 Å². The Morgan fingerprint density at radius 1 is 1.24 bits per heavy atom. The van der Waals surface area contributed by atoms with Crippen LogP contribution in [0.5, 0.6) is 0 Å². The summed E-state index contributed by atoms with van der Waals surface area (Å²) in [6, 6.07) is 0. The summed E-state index contributed by atoms with van der Waals surface area (Å²) in [5.74, 6) is -1.58. The van der Waals surface area contributed by atoms with Crippen LogP contribution < -0.4 is 5.32 Å². The van der Waals surface area contributed by atoms with Crippen LogP contribution in [-0.4, -0.2) is 62.3 Å². The quantitative estimate of drug-likeness (QED) is 0.616. The maximum absolute atomic E-state index is 12.1. The van der Waals surface area contributed by atoms with E-state index in [0.29, 0.717) is 38.5 Å². The molecule has 0 spiro atoms. The van der Waals surface area contributed by atoms with E-state index in [2.05, 4.69) is 5.32 Å². The molecule has 1 rings (SSSR count). The van der Waals surface area contributed by atoms with Crippen LogP contribution in [0.15, 0.2) is 0 Å². The zero-order valence-corrected chi connectivity index (χ0v) is 13.3. The number of nitrogens with zero attached hydrogens (tertiary/aromatic N) is 1. The normalized spacial score (nSPS) is 25.2. The molecule has 1 aliphatic carbocycles. The minimum Gasteiger partial charge on any atom is -0.481 e. The van der Waals surface area contributed by atoms with E-state index in [4.69, 9.17) is 4.74 Å². The lowest BCUT2D eigenvalue weighted by atomic mass is 9.95. The number of carbonyl (C=O) groups excluding carboxylic acids is 1. The molecule has 0 aromatic heterocycles. The Labute approximate surface area is 126 Å². The van der Waals surface area contributed by atoms with Crippen LogP contribution in [0.2, 0.25) is 0 Å². The SMILES string of the molecule is CCC1CC(C(=O)O)C(C(=O)NCCOCCN(C)C)C1. The van der Waals surface area contributed by atoms with Gasteiger partial charge in [-0.3, -0.25) is 9.59 Å². The number of nitrogens with one attached hydrogen (secondary N) is 1. The maximum atomic E-state index is 12.1. The summed E-state index contributed by atoms with van der Waals surface area (Å²) in [5, 5.41) is 12.0. The van der Waals surface area contributed by atoms with Crippen LogP contribution in [0.25, 0.3) is 0 Å². The van der Waals surface area contributed by atoms with Gasteiger partial charge in [0.25, 0.3) is 0 Å². The molecule has 0 radical (unpaired) electrons. The summed E-state index contributed by atoms with van der Waals surface area (Å²) in [4.78, 5) is 25.4. The van der Waals surface area contributed by atoms with Crippen molar-refractivity contribution in [2.45, 2.75) is 26.2 Å². The molecule has 0 saturated heterocycles. The van der Waals surface area contributed by atoms with E-state index in [-0.39, 0.29) is 5.91 Å². The molecule has 1 aliphatic rings. The Morgan fingerprint density at radius 3 is 2.48 bits per heavy atom. The van der Waals surface area contributed by atoms with Gasteiger partial charge in [0.2, 0.25) is 5.91 Å². The van der Waals surface area contributed by atoms with Gasteiger partial charge < -0.3 is 20.1 Å². The fourth-order valence-corrected chi connectivity index (χ4v) is 2.77. The molecular weight excluding hydrogens is 272 g/mol. The number of carboxylic acid groups (broad SMARTS) is 1. The number of carboxylic acids is 1. The molecule has 3 atom stereocenters. The van der Waals surface area contributed by atoms with Gasteiger partial charge in [-0.05, 0) is 32.9 Å². The van der Waals surface area contributed by atoms with Crippen LogP contribution in [0.3, 0.4) is 0 Å². The first kappa shape index (κ1) is 17.9. The van der Waals surface area contributed by atoms with Gasteiger partial charge >= 0.3 is 5.97 Å². The summed E-state index contributed by atoms with van der Waals surface area (Å²) in [7, 11) is 3.95. The number of likely N-dealkylation sites (N-methyl/N-ethyl adjacent to an activating group) is 1. The molecule has 2 N–H and O–H groups in total. The summed E-state index contributed by atoms with van der Waals surface area (Å²) < 4.78 is 5.40. The lowest BCUT2D eigenvalue weighted by Crippen LogP contribution is -2.37. The molecule has 1 fully saturated rings. The van der Waals surface area contributed by atoms with Crippen molar-refractivity contribution in [2.75, 3.05) is 40.4 Å². The van der Waals surface area contributed by atoms with Crippen LogP contribution >= 0.6 is 0 Å².